The highest BCUT2D eigenvalue weighted by Gasteiger charge is 2.42. The van der Waals surface area contributed by atoms with Gasteiger partial charge in [-0.05, 0) is 38.6 Å². The quantitative estimate of drug-likeness (QED) is 0.461. The van der Waals surface area contributed by atoms with Crippen LogP contribution in [0.25, 0.3) is 0 Å². The summed E-state index contributed by atoms with van der Waals surface area (Å²) in [6, 6.07) is 0.839. The lowest BCUT2D eigenvalue weighted by molar-refractivity contribution is 0.0212. The monoisotopic (exact) mass is 319 g/mol. The Morgan fingerprint density at radius 1 is 0.905 bits per heavy atom. The van der Waals surface area contributed by atoms with Gasteiger partial charge in [0.15, 0.2) is 0 Å². The van der Waals surface area contributed by atoms with Gasteiger partial charge in [-0.1, -0.05) is 40.5 Å². The van der Waals surface area contributed by atoms with E-state index in [2.05, 4.69) is 27.7 Å². The predicted octanol–water partition coefficient (Wildman–Crippen LogP) is 4.11. The molecule has 0 aromatic heterocycles. The van der Waals surface area contributed by atoms with Crippen LogP contribution in [0.4, 0.5) is 0 Å². The van der Waals surface area contributed by atoms with Crippen molar-refractivity contribution in [3.8, 4) is 0 Å². The molecule has 0 saturated heterocycles. The summed E-state index contributed by atoms with van der Waals surface area (Å²) in [7, 11) is -2.57. The second-order valence-electron chi connectivity index (χ2n) is 5.56. The van der Waals surface area contributed by atoms with Gasteiger partial charge >= 0.3 is 8.80 Å². The first-order valence-electron chi connectivity index (χ1n) is 8.83. The molecule has 0 aliphatic rings. The van der Waals surface area contributed by atoms with E-state index >= 15 is 0 Å². The Morgan fingerprint density at radius 3 is 1.95 bits per heavy atom. The molecule has 0 radical (unpaired) electrons. The molecule has 0 spiro atoms. The van der Waals surface area contributed by atoms with Gasteiger partial charge in [0.25, 0.3) is 0 Å². The van der Waals surface area contributed by atoms with E-state index in [0.717, 1.165) is 38.1 Å². The zero-order valence-corrected chi connectivity index (χ0v) is 15.7. The van der Waals surface area contributed by atoms with Crippen LogP contribution in [0.2, 0.25) is 6.04 Å². The third-order valence-electron chi connectivity index (χ3n) is 3.42. The van der Waals surface area contributed by atoms with E-state index in [1.54, 1.807) is 0 Å². The molecular weight excluding hydrogens is 282 g/mol. The molecule has 0 bridgehead atoms. The number of hydrogen-bond donors (Lipinski definition) is 1. The molecule has 2 N–H and O–H groups in total. The summed E-state index contributed by atoms with van der Waals surface area (Å²) in [5, 5.41) is 0. The van der Waals surface area contributed by atoms with Gasteiger partial charge in [0.2, 0.25) is 0 Å². The molecule has 128 valence electrons. The van der Waals surface area contributed by atoms with Gasteiger partial charge in [-0.25, -0.2) is 0 Å². The molecule has 0 rings (SSSR count). The maximum absolute atomic E-state index is 6.43. The van der Waals surface area contributed by atoms with Gasteiger partial charge in [0, 0.05) is 25.4 Å². The lowest BCUT2D eigenvalue weighted by Crippen LogP contribution is -2.49. The van der Waals surface area contributed by atoms with Crippen molar-refractivity contribution in [2.75, 3.05) is 19.8 Å². The van der Waals surface area contributed by atoms with Crippen LogP contribution in [0.5, 0.6) is 0 Å². The molecule has 1 unspecified atom stereocenters. The van der Waals surface area contributed by atoms with Crippen molar-refractivity contribution in [2.45, 2.75) is 84.8 Å². The van der Waals surface area contributed by atoms with Crippen molar-refractivity contribution in [1.29, 1.82) is 0 Å². The second-order valence-corrected chi connectivity index (χ2v) is 8.24. The van der Waals surface area contributed by atoms with E-state index in [4.69, 9.17) is 19.0 Å². The fourth-order valence-electron chi connectivity index (χ4n) is 2.18. The topological polar surface area (TPSA) is 53.7 Å². The predicted molar refractivity (Wildman–Crippen MR) is 91.4 cm³/mol. The Bertz CT molecular complexity index is 208. The Hall–Kier alpha value is 0.0569. The van der Waals surface area contributed by atoms with Crippen LogP contribution in [0.3, 0.4) is 0 Å². The normalized spacial score (nSPS) is 13.6. The molecule has 4 nitrogen and oxygen atoms in total. The van der Waals surface area contributed by atoms with Crippen LogP contribution in [0, 0.1) is 0 Å². The summed E-state index contributed by atoms with van der Waals surface area (Å²) in [5.74, 6) is 0. The molecule has 5 heteroatoms. The Kier molecular flexibility index (Phi) is 13.7. The molecule has 0 heterocycles. The van der Waals surface area contributed by atoms with Crippen molar-refractivity contribution in [3.05, 3.63) is 0 Å². The number of unbranched alkanes of at least 4 members (excludes halogenated alkanes) is 1. The molecule has 21 heavy (non-hydrogen) atoms. The van der Waals surface area contributed by atoms with Crippen LogP contribution < -0.4 is 5.73 Å². The Labute approximate surface area is 133 Å². The SMILES string of the molecule is CCCCC(CC)O[Si](CCCN)(OCCC)OCCC. The lowest BCUT2D eigenvalue weighted by Gasteiger charge is -2.33. The summed E-state index contributed by atoms with van der Waals surface area (Å²) >= 11 is 0. The van der Waals surface area contributed by atoms with Crippen LogP contribution in [-0.2, 0) is 13.3 Å². The van der Waals surface area contributed by atoms with E-state index in [9.17, 15) is 0 Å². The van der Waals surface area contributed by atoms with Crippen molar-refractivity contribution >= 4 is 8.80 Å². The van der Waals surface area contributed by atoms with E-state index < -0.39 is 8.80 Å². The van der Waals surface area contributed by atoms with Crippen molar-refractivity contribution in [1.82, 2.24) is 0 Å². The fraction of sp³-hybridized carbons (Fsp3) is 1.00. The average Bonchev–Trinajstić information content (AvgIpc) is 2.52. The second kappa shape index (κ2) is 13.7. The third-order valence-corrected chi connectivity index (χ3v) is 6.37. The minimum absolute atomic E-state index is 0.253. The minimum Gasteiger partial charge on any atom is -0.373 e. The minimum atomic E-state index is -2.57. The highest BCUT2D eigenvalue weighted by molar-refractivity contribution is 6.60. The third kappa shape index (κ3) is 9.63. The molecule has 0 aliphatic heterocycles. The molecule has 0 amide bonds. The van der Waals surface area contributed by atoms with Crippen LogP contribution >= 0.6 is 0 Å². The van der Waals surface area contributed by atoms with Crippen molar-refractivity contribution < 1.29 is 13.3 Å². The Morgan fingerprint density at radius 2 is 1.52 bits per heavy atom. The first kappa shape index (κ1) is 21.1. The van der Waals surface area contributed by atoms with E-state index in [-0.39, 0.29) is 6.10 Å². The summed E-state index contributed by atoms with van der Waals surface area (Å²) in [4.78, 5) is 0. The lowest BCUT2D eigenvalue weighted by atomic mass is 10.1. The zero-order chi connectivity index (χ0) is 16.0. The molecule has 0 fully saturated rings. The number of rotatable bonds is 15. The smallest absolute Gasteiger partial charge is 0.373 e. The van der Waals surface area contributed by atoms with Gasteiger partial charge in [0.05, 0.1) is 0 Å². The van der Waals surface area contributed by atoms with Gasteiger partial charge in [0.1, 0.15) is 0 Å². The summed E-state index contributed by atoms with van der Waals surface area (Å²) in [5.41, 5.74) is 5.69. The molecule has 0 saturated carbocycles. The van der Waals surface area contributed by atoms with Crippen LogP contribution in [0.1, 0.15) is 72.6 Å². The van der Waals surface area contributed by atoms with Gasteiger partial charge in [-0.3, -0.25) is 0 Å². The van der Waals surface area contributed by atoms with Crippen molar-refractivity contribution in [3.63, 3.8) is 0 Å². The fourth-order valence-corrected chi connectivity index (χ4v) is 5.26. The molecule has 1 atom stereocenters. The number of nitrogens with two attached hydrogens (primary N) is 1. The Balaban J connectivity index is 4.81. The maximum atomic E-state index is 6.43. The van der Waals surface area contributed by atoms with Gasteiger partial charge in [-0.15, -0.1) is 0 Å². The van der Waals surface area contributed by atoms with E-state index in [1.165, 1.54) is 12.8 Å². The maximum Gasteiger partial charge on any atom is 0.501 e. The van der Waals surface area contributed by atoms with Crippen LogP contribution in [0.15, 0.2) is 0 Å². The number of hydrogen-bond acceptors (Lipinski definition) is 4. The molecule has 0 aromatic rings. The average molecular weight is 320 g/mol. The summed E-state index contributed by atoms with van der Waals surface area (Å²) in [6.07, 6.45) is 7.64. The summed E-state index contributed by atoms with van der Waals surface area (Å²) in [6.45, 7) is 10.7. The summed E-state index contributed by atoms with van der Waals surface area (Å²) < 4.78 is 18.7. The van der Waals surface area contributed by atoms with Gasteiger partial charge < -0.3 is 19.0 Å². The van der Waals surface area contributed by atoms with Crippen LogP contribution in [-0.4, -0.2) is 34.7 Å². The highest BCUT2D eigenvalue weighted by Crippen LogP contribution is 2.23. The van der Waals surface area contributed by atoms with E-state index in [1.807, 2.05) is 0 Å². The largest absolute Gasteiger partial charge is 0.501 e. The first-order chi connectivity index (χ1) is 10.2. The van der Waals surface area contributed by atoms with Gasteiger partial charge in [-0.2, -0.15) is 0 Å². The molecular formula is C16H37NO3Si. The molecule has 0 aromatic carbocycles. The van der Waals surface area contributed by atoms with Crippen molar-refractivity contribution in [2.24, 2.45) is 5.73 Å². The standard InChI is InChI=1S/C16H37NO3Si/c1-5-9-11-16(8-4)20-21(15-10-12-17,18-13-6-2)19-14-7-3/h16H,5-15,17H2,1-4H3. The van der Waals surface area contributed by atoms with E-state index in [0.29, 0.717) is 19.8 Å². The zero-order valence-electron chi connectivity index (χ0n) is 14.7. The highest BCUT2D eigenvalue weighted by atomic mass is 28.4. The first-order valence-corrected chi connectivity index (χ1v) is 10.8. The molecule has 0 aliphatic carbocycles.